The molecule has 0 fully saturated rings. The highest BCUT2D eigenvalue weighted by molar-refractivity contribution is 7.89. The molecule has 0 bridgehead atoms. The highest BCUT2D eigenvalue weighted by Crippen LogP contribution is 2.30. The number of alkyl halides is 3. The van der Waals surface area contributed by atoms with Gasteiger partial charge in [-0.3, -0.25) is 0 Å². The summed E-state index contributed by atoms with van der Waals surface area (Å²) in [6.45, 7) is 2.88. The highest BCUT2D eigenvalue weighted by Gasteiger charge is 2.32. The topological polar surface area (TPSA) is 86.3 Å². The molecule has 0 aliphatic rings. The van der Waals surface area contributed by atoms with Gasteiger partial charge in [-0.1, -0.05) is 19.9 Å². The van der Waals surface area contributed by atoms with Crippen LogP contribution in [0.3, 0.4) is 0 Å². The molecular weight excluding hydrogens is 311 g/mol. The first-order chi connectivity index (χ1) is 9.45. The van der Waals surface area contributed by atoms with Gasteiger partial charge in [-0.05, 0) is 24.1 Å². The number of aliphatic carboxylic acids is 1. The first kappa shape index (κ1) is 17.4. The van der Waals surface area contributed by atoms with E-state index in [0.717, 1.165) is 18.2 Å². The van der Waals surface area contributed by atoms with Crippen LogP contribution in [0.25, 0.3) is 0 Å². The largest absolute Gasteiger partial charge is 0.548 e. The van der Waals surface area contributed by atoms with Crippen molar-refractivity contribution in [1.82, 2.24) is 4.72 Å². The number of nitrogens with one attached hydrogen (secondary N) is 1. The van der Waals surface area contributed by atoms with Crippen LogP contribution in [0, 0.1) is 5.92 Å². The Hall–Kier alpha value is -1.61. The van der Waals surface area contributed by atoms with Gasteiger partial charge < -0.3 is 9.90 Å². The number of carboxylic acid groups (broad SMARTS) is 1. The van der Waals surface area contributed by atoms with Gasteiger partial charge >= 0.3 is 6.18 Å². The van der Waals surface area contributed by atoms with Crippen molar-refractivity contribution in [2.75, 3.05) is 0 Å². The van der Waals surface area contributed by atoms with E-state index in [9.17, 15) is 31.5 Å². The van der Waals surface area contributed by atoms with Crippen LogP contribution in [-0.2, 0) is 21.0 Å². The maximum Gasteiger partial charge on any atom is 0.416 e. The summed E-state index contributed by atoms with van der Waals surface area (Å²) in [7, 11) is -4.40. The van der Waals surface area contributed by atoms with Gasteiger partial charge in [0, 0.05) is 0 Å². The Balaban J connectivity index is 3.17. The van der Waals surface area contributed by atoms with Gasteiger partial charge in [-0.15, -0.1) is 0 Å². The molecule has 1 atom stereocenters. The maximum atomic E-state index is 12.6. The van der Waals surface area contributed by atoms with E-state index in [0.29, 0.717) is 6.07 Å². The Morgan fingerprint density at radius 2 is 1.86 bits per heavy atom. The second-order valence-electron chi connectivity index (χ2n) is 4.69. The molecule has 1 N–H and O–H groups in total. The molecule has 118 valence electrons. The smallest absolute Gasteiger partial charge is 0.416 e. The Morgan fingerprint density at radius 3 is 2.29 bits per heavy atom. The Labute approximate surface area is 119 Å². The summed E-state index contributed by atoms with van der Waals surface area (Å²) >= 11 is 0. The molecule has 5 nitrogen and oxygen atoms in total. The number of hydrogen-bond donors (Lipinski definition) is 1. The quantitative estimate of drug-likeness (QED) is 0.866. The average molecular weight is 324 g/mol. The Bertz CT molecular complexity index is 626. The first-order valence-electron chi connectivity index (χ1n) is 5.85. The fraction of sp³-hybridized carbons (Fsp3) is 0.417. The SMILES string of the molecule is CC(C)[C@H](NS(=O)(=O)c1cccc(C(F)(F)F)c1)C(=O)[O-]. The monoisotopic (exact) mass is 324 g/mol. The number of benzene rings is 1. The average Bonchev–Trinajstić information content (AvgIpc) is 2.34. The molecule has 0 amide bonds. The highest BCUT2D eigenvalue weighted by atomic mass is 32.2. The first-order valence-corrected chi connectivity index (χ1v) is 7.34. The number of carbonyl (C=O) groups is 1. The zero-order valence-electron chi connectivity index (χ0n) is 11.1. The maximum absolute atomic E-state index is 12.6. The minimum absolute atomic E-state index is 0.439. The van der Waals surface area contributed by atoms with E-state index in [1.807, 2.05) is 4.72 Å². The van der Waals surface area contributed by atoms with E-state index in [1.54, 1.807) is 0 Å². The summed E-state index contributed by atoms with van der Waals surface area (Å²) in [4.78, 5) is 10.2. The van der Waals surface area contributed by atoms with E-state index < -0.39 is 44.6 Å². The minimum atomic E-state index is -4.70. The van der Waals surface area contributed by atoms with E-state index in [2.05, 4.69) is 0 Å². The van der Waals surface area contributed by atoms with Crippen LogP contribution in [-0.4, -0.2) is 20.4 Å². The van der Waals surface area contributed by atoms with E-state index >= 15 is 0 Å². The lowest BCUT2D eigenvalue weighted by atomic mass is 10.1. The number of rotatable bonds is 5. The zero-order valence-corrected chi connectivity index (χ0v) is 12.0. The van der Waals surface area contributed by atoms with Crippen LogP contribution in [0.4, 0.5) is 13.2 Å². The van der Waals surface area contributed by atoms with Crippen molar-refractivity contribution < 1.29 is 31.5 Å². The number of halogens is 3. The molecule has 0 spiro atoms. The van der Waals surface area contributed by atoms with Crippen LogP contribution in [0.15, 0.2) is 29.2 Å². The van der Waals surface area contributed by atoms with Crippen LogP contribution in [0.2, 0.25) is 0 Å². The zero-order chi connectivity index (χ0) is 16.4. The third-order valence-electron chi connectivity index (χ3n) is 2.67. The predicted octanol–water partition coefficient (Wildman–Crippen LogP) is 0.758. The van der Waals surface area contributed by atoms with Crippen molar-refractivity contribution in [2.24, 2.45) is 5.92 Å². The summed E-state index contributed by atoms with van der Waals surface area (Å²) in [6.07, 6.45) is -4.70. The van der Waals surface area contributed by atoms with E-state index in [1.165, 1.54) is 13.8 Å². The molecule has 0 saturated heterocycles. The lowest BCUT2D eigenvalue weighted by Gasteiger charge is -2.23. The number of sulfonamides is 1. The minimum Gasteiger partial charge on any atom is -0.548 e. The van der Waals surface area contributed by atoms with Gasteiger partial charge in [-0.2, -0.15) is 13.2 Å². The summed E-state index contributed by atoms with van der Waals surface area (Å²) in [5.74, 6) is -2.28. The van der Waals surface area contributed by atoms with Crippen molar-refractivity contribution in [3.05, 3.63) is 29.8 Å². The molecule has 0 aliphatic heterocycles. The second kappa shape index (κ2) is 6.02. The third-order valence-corrected chi connectivity index (χ3v) is 4.11. The summed E-state index contributed by atoms with van der Waals surface area (Å²) < 4.78 is 63.4. The number of carboxylic acids is 1. The summed E-state index contributed by atoms with van der Waals surface area (Å²) in [5.41, 5.74) is -1.14. The Kier molecular flexibility index (Phi) is 5.00. The number of hydrogen-bond acceptors (Lipinski definition) is 4. The van der Waals surface area contributed by atoms with E-state index in [-0.39, 0.29) is 0 Å². The van der Waals surface area contributed by atoms with E-state index in [4.69, 9.17) is 0 Å². The second-order valence-corrected chi connectivity index (χ2v) is 6.40. The lowest BCUT2D eigenvalue weighted by Crippen LogP contribution is -2.50. The molecule has 0 unspecified atom stereocenters. The van der Waals surface area contributed by atoms with Gasteiger partial charge in [0.15, 0.2) is 0 Å². The summed E-state index contributed by atoms with van der Waals surface area (Å²) in [6, 6.07) is 1.50. The molecule has 0 radical (unpaired) electrons. The lowest BCUT2D eigenvalue weighted by molar-refractivity contribution is -0.309. The molecule has 1 rings (SSSR count). The molecule has 1 aromatic carbocycles. The third kappa shape index (κ3) is 4.43. The molecule has 21 heavy (non-hydrogen) atoms. The molecular formula is C12H13F3NO4S-. The van der Waals surface area contributed by atoms with Crippen molar-refractivity contribution in [2.45, 2.75) is 31.0 Å². The molecule has 9 heteroatoms. The molecule has 0 aliphatic carbocycles. The van der Waals surface area contributed by atoms with Crippen LogP contribution in [0.1, 0.15) is 19.4 Å². The van der Waals surface area contributed by atoms with Gasteiger partial charge in [0.05, 0.1) is 22.5 Å². The molecule has 0 heterocycles. The van der Waals surface area contributed by atoms with Gasteiger partial charge in [-0.25, -0.2) is 13.1 Å². The number of carbonyl (C=O) groups excluding carboxylic acids is 1. The normalized spacial score (nSPS) is 14.2. The van der Waals surface area contributed by atoms with Crippen LogP contribution in [0.5, 0.6) is 0 Å². The van der Waals surface area contributed by atoms with Crippen molar-refractivity contribution >= 4 is 16.0 Å². The molecule has 1 aromatic rings. The standard InChI is InChI=1S/C12H14F3NO4S/c1-7(2)10(11(17)18)16-21(19,20)9-5-3-4-8(6-9)12(13,14)15/h3-7,10,16H,1-2H3,(H,17,18)/p-1/t10-/m0/s1. The van der Waals surface area contributed by atoms with Crippen LogP contribution >= 0.6 is 0 Å². The van der Waals surface area contributed by atoms with Crippen molar-refractivity contribution in [3.8, 4) is 0 Å². The van der Waals surface area contributed by atoms with Crippen molar-refractivity contribution in [3.63, 3.8) is 0 Å². The fourth-order valence-corrected chi connectivity index (χ4v) is 2.91. The summed E-state index contributed by atoms with van der Waals surface area (Å²) in [5, 5.41) is 10.9. The molecule has 0 saturated carbocycles. The predicted molar refractivity (Wildman–Crippen MR) is 65.4 cm³/mol. The van der Waals surface area contributed by atoms with Gasteiger partial charge in [0.25, 0.3) is 0 Å². The van der Waals surface area contributed by atoms with Crippen molar-refractivity contribution in [1.29, 1.82) is 0 Å². The molecule has 0 aromatic heterocycles. The Morgan fingerprint density at radius 1 is 1.29 bits per heavy atom. The van der Waals surface area contributed by atoms with Gasteiger partial charge in [0.1, 0.15) is 0 Å². The van der Waals surface area contributed by atoms with Gasteiger partial charge in [0.2, 0.25) is 10.0 Å². The van der Waals surface area contributed by atoms with Crippen LogP contribution < -0.4 is 9.83 Å². The fourth-order valence-electron chi connectivity index (χ4n) is 1.53.